The van der Waals surface area contributed by atoms with Gasteiger partial charge in [-0.05, 0) is 59.9 Å². The van der Waals surface area contributed by atoms with E-state index in [1.54, 1.807) is 18.3 Å². The van der Waals surface area contributed by atoms with E-state index in [-0.39, 0.29) is 30.6 Å². The molecular weight excluding hydrogens is 497 g/mol. The molecule has 1 atom stereocenters. The van der Waals surface area contributed by atoms with Crippen LogP contribution in [0.25, 0.3) is 22.0 Å². The highest BCUT2D eigenvalue weighted by molar-refractivity contribution is 6.36. The zero-order valence-corrected chi connectivity index (χ0v) is 21.6. The van der Waals surface area contributed by atoms with Crippen molar-refractivity contribution in [3.05, 3.63) is 88.3 Å². The molecule has 0 saturated carbocycles. The molecule has 0 bridgehead atoms. The van der Waals surface area contributed by atoms with E-state index in [9.17, 15) is 9.59 Å². The van der Waals surface area contributed by atoms with Gasteiger partial charge < -0.3 is 15.0 Å². The van der Waals surface area contributed by atoms with Crippen LogP contribution < -0.4 is 5.32 Å². The first-order chi connectivity index (χ1) is 17.2. The topological polar surface area (TPSA) is 84.2 Å². The average Bonchev–Trinajstić information content (AvgIpc) is 3.25. The van der Waals surface area contributed by atoms with Gasteiger partial charge >= 0.3 is 5.97 Å². The second kappa shape index (κ2) is 11.1. The van der Waals surface area contributed by atoms with E-state index < -0.39 is 5.97 Å². The van der Waals surface area contributed by atoms with Crippen LogP contribution in [0.4, 0.5) is 0 Å². The molecule has 0 radical (unpaired) electrons. The van der Waals surface area contributed by atoms with Crippen molar-refractivity contribution in [2.24, 2.45) is 5.92 Å². The van der Waals surface area contributed by atoms with Gasteiger partial charge in [0.25, 0.3) is 5.91 Å². The molecule has 0 aliphatic carbocycles. The fourth-order valence-electron chi connectivity index (χ4n) is 4.29. The Labute approximate surface area is 219 Å². The number of pyridine rings is 1. The Bertz CT molecular complexity index is 1400. The molecular formula is C28H27Cl2N3O3. The number of fused-ring (bicyclic) bond motifs is 1. The maximum atomic E-state index is 12.3. The molecule has 8 heteroatoms. The molecule has 2 aromatic carbocycles. The van der Waals surface area contributed by atoms with Gasteiger partial charge in [0.05, 0.1) is 12.5 Å². The number of amides is 1. The van der Waals surface area contributed by atoms with Crippen LogP contribution in [0.15, 0.2) is 67.0 Å². The molecule has 6 nitrogen and oxygen atoms in total. The smallest absolute Gasteiger partial charge is 0.305 e. The van der Waals surface area contributed by atoms with Crippen LogP contribution in [0.1, 0.15) is 48.8 Å². The van der Waals surface area contributed by atoms with Gasteiger partial charge in [0.15, 0.2) is 0 Å². The second-order valence-electron chi connectivity index (χ2n) is 9.14. The van der Waals surface area contributed by atoms with Gasteiger partial charge in [-0.25, -0.2) is 0 Å². The molecule has 0 fully saturated rings. The molecule has 0 aliphatic heterocycles. The highest BCUT2D eigenvalue weighted by atomic mass is 35.5. The predicted molar refractivity (Wildman–Crippen MR) is 144 cm³/mol. The van der Waals surface area contributed by atoms with Gasteiger partial charge in [-0.15, -0.1) is 0 Å². The Morgan fingerprint density at radius 2 is 1.86 bits per heavy atom. The molecule has 4 aromatic rings. The van der Waals surface area contributed by atoms with Crippen LogP contribution in [0.2, 0.25) is 10.0 Å². The molecule has 4 rings (SSSR count). The lowest BCUT2D eigenvalue weighted by molar-refractivity contribution is -0.136. The minimum Gasteiger partial charge on any atom is -0.481 e. The van der Waals surface area contributed by atoms with Crippen LogP contribution in [0.3, 0.4) is 0 Å². The highest BCUT2D eigenvalue weighted by Gasteiger charge is 2.19. The monoisotopic (exact) mass is 523 g/mol. The molecule has 1 amide bonds. The third kappa shape index (κ3) is 5.89. The second-order valence-corrected chi connectivity index (χ2v) is 9.99. The lowest BCUT2D eigenvalue weighted by atomic mass is 9.97. The van der Waals surface area contributed by atoms with Gasteiger partial charge in [-0.2, -0.15) is 0 Å². The Hall–Kier alpha value is -3.35. The predicted octanol–water partition coefficient (Wildman–Crippen LogP) is 6.85. The number of aliphatic carboxylic acids is 1. The number of carboxylic acid groups (broad SMARTS) is 1. The lowest BCUT2D eigenvalue weighted by Crippen LogP contribution is -2.26. The molecule has 0 aliphatic rings. The van der Waals surface area contributed by atoms with E-state index in [1.165, 1.54) is 0 Å². The minimum absolute atomic E-state index is 0.0316. The number of halogens is 2. The minimum atomic E-state index is -0.961. The summed E-state index contributed by atoms with van der Waals surface area (Å²) in [5, 5.41) is 13.6. The number of rotatable bonds is 9. The fraction of sp³-hybridized carbons (Fsp3) is 0.250. The third-order valence-corrected chi connectivity index (χ3v) is 6.57. The van der Waals surface area contributed by atoms with Gasteiger partial charge in [0.2, 0.25) is 0 Å². The maximum absolute atomic E-state index is 12.3. The number of aromatic nitrogens is 2. The summed E-state index contributed by atoms with van der Waals surface area (Å²) in [5.41, 5.74) is 4.28. The fourth-order valence-corrected chi connectivity index (χ4v) is 4.81. The van der Waals surface area contributed by atoms with Crippen molar-refractivity contribution in [2.75, 3.05) is 6.54 Å². The number of nitrogens with one attached hydrogen (secondary N) is 1. The zero-order valence-electron chi connectivity index (χ0n) is 20.0. The Morgan fingerprint density at radius 3 is 2.53 bits per heavy atom. The van der Waals surface area contributed by atoms with E-state index in [1.807, 2.05) is 18.2 Å². The van der Waals surface area contributed by atoms with Gasteiger partial charge in [0.1, 0.15) is 5.69 Å². The number of carboxylic acids is 1. The number of hydrogen-bond acceptors (Lipinski definition) is 3. The van der Waals surface area contributed by atoms with E-state index in [0.29, 0.717) is 16.0 Å². The largest absolute Gasteiger partial charge is 0.481 e. The van der Waals surface area contributed by atoms with E-state index in [2.05, 4.69) is 59.2 Å². The van der Waals surface area contributed by atoms with Crippen LogP contribution in [0.5, 0.6) is 0 Å². The molecule has 1 unspecified atom stereocenters. The number of carbonyl (C=O) groups excluding carboxylic acids is 1. The highest BCUT2D eigenvalue weighted by Crippen LogP contribution is 2.35. The Balaban J connectivity index is 1.62. The summed E-state index contributed by atoms with van der Waals surface area (Å²) in [7, 11) is 0. The SMILES string of the molecule is CC(C)CC(c1ccc(C(=O)NCCC(=O)O)nc1)n1ccc2cc(-c3ccc(Cl)cc3Cl)ccc21. The van der Waals surface area contributed by atoms with E-state index >= 15 is 0 Å². The summed E-state index contributed by atoms with van der Waals surface area (Å²) >= 11 is 12.5. The van der Waals surface area contributed by atoms with Crippen LogP contribution >= 0.6 is 23.2 Å². The third-order valence-electron chi connectivity index (χ3n) is 6.02. The first-order valence-electron chi connectivity index (χ1n) is 11.7. The molecule has 2 aromatic heterocycles. The molecule has 36 heavy (non-hydrogen) atoms. The summed E-state index contributed by atoms with van der Waals surface area (Å²) in [6.07, 6.45) is 4.57. The number of hydrogen-bond donors (Lipinski definition) is 2. The molecule has 0 spiro atoms. The van der Waals surface area contributed by atoms with Gasteiger partial charge in [0, 0.05) is 45.5 Å². The summed E-state index contributed by atoms with van der Waals surface area (Å²) in [6.45, 7) is 4.42. The summed E-state index contributed by atoms with van der Waals surface area (Å²) < 4.78 is 2.24. The maximum Gasteiger partial charge on any atom is 0.305 e. The van der Waals surface area contributed by atoms with Crippen molar-refractivity contribution in [3.63, 3.8) is 0 Å². The molecule has 186 valence electrons. The van der Waals surface area contributed by atoms with Gasteiger partial charge in [-0.3, -0.25) is 14.6 Å². The number of carbonyl (C=O) groups is 2. The molecule has 2 N–H and O–H groups in total. The molecule has 2 heterocycles. The quantitative estimate of drug-likeness (QED) is 0.251. The van der Waals surface area contributed by atoms with E-state index in [0.717, 1.165) is 34.0 Å². The van der Waals surface area contributed by atoms with E-state index in [4.69, 9.17) is 28.3 Å². The normalized spacial score (nSPS) is 12.1. The van der Waals surface area contributed by atoms with Crippen LogP contribution in [-0.2, 0) is 4.79 Å². The average molecular weight is 524 g/mol. The Kier molecular flexibility index (Phi) is 7.97. The van der Waals surface area contributed by atoms with Crippen molar-refractivity contribution in [3.8, 4) is 11.1 Å². The van der Waals surface area contributed by atoms with Crippen molar-refractivity contribution in [2.45, 2.75) is 32.7 Å². The first kappa shape index (κ1) is 25.7. The first-order valence-corrected chi connectivity index (χ1v) is 12.5. The summed E-state index contributed by atoms with van der Waals surface area (Å²) in [5.74, 6) is -0.918. The van der Waals surface area contributed by atoms with Crippen molar-refractivity contribution in [1.82, 2.24) is 14.9 Å². The summed E-state index contributed by atoms with van der Waals surface area (Å²) in [4.78, 5) is 27.3. The van der Waals surface area contributed by atoms with Crippen LogP contribution in [0, 0.1) is 5.92 Å². The number of nitrogens with zero attached hydrogens (tertiary/aromatic N) is 2. The van der Waals surface area contributed by atoms with Gasteiger partial charge in [-0.1, -0.05) is 55.2 Å². The van der Waals surface area contributed by atoms with Crippen molar-refractivity contribution >= 4 is 46.0 Å². The van der Waals surface area contributed by atoms with Crippen LogP contribution in [-0.4, -0.2) is 33.1 Å². The summed E-state index contributed by atoms with van der Waals surface area (Å²) in [6, 6.07) is 17.5. The number of benzene rings is 2. The zero-order chi connectivity index (χ0) is 25.8. The standard InChI is InChI=1S/C28H27Cl2N3O3/c1-17(2)13-26(20-3-7-24(32-16-20)28(36)31-11-9-27(34)35)33-12-10-19-14-18(4-8-25(19)33)22-6-5-21(29)15-23(22)30/h3-8,10,12,14-17,26H,9,11,13H2,1-2H3,(H,31,36)(H,34,35). The Morgan fingerprint density at radius 1 is 1.06 bits per heavy atom. The molecule has 0 saturated heterocycles. The van der Waals surface area contributed by atoms with Crippen molar-refractivity contribution < 1.29 is 14.7 Å². The van der Waals surface area contributed by atoms with Crippen molar-refractivity contribution in [1.29, 1.82) is 0 Å². The lowest BCUT2D eigenvalue weighted by Gasteiger charge is -2.23.